The minimum atomic E-state index is -1.05. The molecule has 0 radical (unpaired) electrons. The molecular weight excluding hydrogens is 468 g/mol. The molecule has 5 unspecified atom stereocenters. The monoisotopic (exact) mass is 516 g/mol. The van der Waals surface area contributed by atoms with Gasteiger partial charge in [-0.15, -0.1) is 0 Å². The standard InChI is InChI=1S/C31H48O4S/c1-21(28(33)20-32)25-11-12-26-24-10-9-22-19-31(34,17-18-36(35)23-7-5-4-6-8-23)16-15-29(22,2)27(24)13-14-30(25,26)3/h4-8,21-22,24-28,32-34H,9-20H2,1-3H3/t21?,22?,24-,25+,26-,27-,28?,29-,30+,31?,36?/m0/s1. The molecule has 1 aromatic rings. The Labute approximate surface area is 220 Å². The number of hydrogen-bond acceptors (Lipinski definition) is 4. The van der Waals surface area contributed by atoms with Gasteiger partial charge < -0.3 is 15.3 Å². The van der Waals surface area contributed by atoms with E-state index in [9.17, 15) is 19.5 Å². The van der Waals surface area contributed by atoms with Crippen LogP contribution in [0.1, 0.15) is 85.0 Å². The molecular formula is C31H48O4S. The second-order valence-electron chi connectivity index (χ2n) is 13.5. The molecule has 0 aliphatic heterocycles. The topological polar surface area (TPSA) is 77.8 Å². The summed E-state index contributed by atoms with van der Waals surface area (Å²) in [6, 6.07) is 9.67. The summed E-state index contributed by atoms with van der Waals surface area (Å²) in [6.07, 6.45) is 10.2. The zero-order valence-corrected chi connectivity index (χ0v) is 23.4. The first-order valence-electron chi connectivity index (χ1n) is 14.6. The largest absolute Gasteiger partial charge is 0.394 e. The van der Waals surface area contributed by atoms with Gasteiger partial charge in [0.25, 0.3) is 0 Å². The first-order valence-corrected chi connectivity index (χ1v) is 15.9. The van der Waals surface area contributed by atoms with Gasteiger partial charge in [0.1, 0.15) is 0 Å². The van der Waals surface area contributed by atoms with Gasteiger partial charge in [0, 0.05) is 10.6 Å². The van der Waals surface area contributed by atoms with Crippen LogP contribution < -0.4 is 0 Å². The van der Waals surface area contributed by atoms with Crippen LogP contribution in [0.25, 0.3) is 0 Å². The number of rotatable bonds is 7. The Morgan fingerprint density at radius 1 is 0.972 bits per heavy atom. The summed E-state index contributed by atoms with van der Waals surface area (Å²) in [6.45, 7) is 7.04. The van der Waals surface area contributed by atoms with Gasteiger partial charge in [-0.25, -0.2) is 0 Å². The van der Waals surface area contributed by atoms with Crippen molar-refractivity contribution in [3.05, 3.63) is 30.3 Å². The van der Waals surface area contributed by atoms with Crippen LogP contribution in [0.4, 0.5) is 0 Å². The third-order valence-corrected chi connectivity index (χ3v) is 13.5. The first kappa shape index (κ1) is 26.8. The van der Waals surface area contributed by atoms with Crippen LogP contribution in [0, 0.1) is 46.3 Å². The molecule has 11 atom stereocenters. The van der Waals surface area contributed by atoms with Crippen LogP contribution in [0.5, 0.6) is 0 Å². The van der Waals surface area contributed by atoms with Gasteiger partial charge in [-0.1, -0.05) is 39.0 Å². The lowest BCUT2D eigenvalue weighted by Crippen LogP contribution is -2.56. The third-order valence-electron chi connectivity index (χ3n) is 12.1. The Hall–Kier alpha value is -0.750. The van der Waals surface area contributed by atoms with Crippen molar-refractivity contribution in [1.29, 1.82) is 0 Å². The zero-order valence-electron chi connectivity index (χ0n) is 22.6. The van der Waals surface area contributed by atoms with Crippen molar-refractivity contribution < 1.29 is 19.5 Å². The first-order chi connectivity index (χ1) is 17.1. The highest BCUT2D eigenvalue weighted by molar-refractivity contribution is 7.85. The minimum absolute atomic E-state index is 0.133. The maximum absolute atomic E-state index is 12.8. The van der Waals surface area contributed by atoms with E-state index in [2.05, 4.69) is 20.8 Å². The second kappa shape index (κ2) is 10.1. The van der Waals surface area contributed by atoms with E-state index >= 15 is 0 Å². The molecule has 5 heteroatoms. The smallest absolute Gasteiger partial charge is 0.0799 e. The van der Waals surface area contributed by atoms with E-state index in [1.807, 2.05) is 30.3 Å². The Morgan fingerprint density at radius 3 is 2.42 bits per heavy atom. The number of fused-ring (bicyclic) bond motifs is 5. The van der Waals surface area contributed by atoms with Crippen molar-refractivity contribution in [2.24, 2.45) is 46.3 Å². The average molecular weight is 517 g/mol. The predicted molar refractivity (Wildman–Crippen MR) is 145 cm³/mol. The molecule has 3 N–H and O–H groups in total. The van der Waals surface area contributed by atoms with Crippen molar-refractivity contribution in [3.63, 3.8) is 0 Å². The number of aliphatic hydroxyl groups is 3. The molecule has 4 aliphatic carbocycles. The van der Waals surface area contributed by atoms with E-state index in [4.69, 9.17) is 0 Å². The fourth-order valence-corrected chi connectivity index (χ4v) is 11.1. The van der Waals surface area contributed by atoms with Crippen LogP contribution in [0.3, 0.4) is 0 Å². The summed E-state index contributed by atoms with van der Waals surface area (Å²) >= 11 is 0. The maximum Gasteiger partial charge on any atom is 0.0799 e. The van der Waals surface area contributed by atoms with Crippen LogP contribution in [-0.4, -0.2) is 43.6 Å². The van der Waals surface area contributed by atoms with Crippen LogP contribution >= 0.6 is 0 Å². The van der Waals surface area contributed by atoms with E-state index in [-0.39, 0.29) is 17.9 Å². The molecule has 1 aromatic carbocycles. The summed E-state index contributed by atoms with van der Waals surface area (Å²) < 4.78 is 12.8. The molecule has 4 saturated carbocycles. The summed E-state index contributed by atoms with van der Waals surface area (Å²) in [7, 11) is -1.05. The van der Waals surface area contributed by atoms with Crippen molar-refractivity contribution in [1.82, 2.24) is 0 Å². The Morgan fingerprint density at radius 2 is 1.69 bits per heavy atom. The van der Waals surface area contributed by atoms with Crippen molar-refractivity contribution in [3.8, 4) is 0 Å². The Balaban J connectivity index is 1.25. The van der Waals surface area contributed by atoms with Gasteiger partial charge in [-0.3, -0.25) is 4.21 Å². The second-order valence-corrected chi connectivity index (χ2v) is 15.1. The highest BCUT2D eigenvalue weighted by Crippen LogP contribution is 2.69. The minimum Gasteiger partial charge on any atom is -0.394 e. The van der Waals surface area contributed by atoms with E-state index in [0.717, 1.165) is 41.9 Å². The lowest BCUT2D eigenvalue weighted by atomic mass is 9.43. The number of benzene rings is 1. The average Bonchev–Trinajstić information content (AvgIpc) is 3.24. The Kier molecular flexibility index (Phi) is 7.53. The van der Waals surface area contributed by atoms with Crippen LogP contribution in [-0.2, 0) is 10.8 Å². The number of hydrogen-bond donors (Lipinski definition) is 3. The normalized spacial score (nSPS) is 44.7. The van der Waals surface area contributed by atoms with Crippen molar-refractivity contribution in [2.45, 2.75) is 102 Å². The quantitative estimate of drug-likeness (QED) is 0.443. The SMILES string of the molecule is CC(C(O)CO)[C@H]1CC[C@H]2[C@@H]3CCC4CC(O)(CCS(=O)c5ccccc5)CC[C@]4(C)[C@H]3CC[C@]12C. The van der Waals surface area contributed by atoms with E-state index in [1.165, 1.54) is 38.5 Å². The van der Waals surface area contributed by atoms with Gasteiger partial charge in [-0.05, 0) is 123 Å². The molecule has 0 bridgehead atoms. The van der Waals surface area contributed by atoms with Crippen molar-refractivity contribution in [2.75, 3.05) is 12.4 Å². The molecule has 4 fully saturated rings. The molecule has 36 heavy (non-hydrogen) atoms. The summed E-state index contributed by atoms with van der Waals surface area (Å²) in [5.74, 6) is 3.95. The molecule has 0 amide bonds. The molecule has 4 nitrogen and oxygen atoms in total. The molecule has 202 valence electrons. The fraction of sp³-hybridized carbons (Fsp3) is 0.806. The molecule has 0 saturated heterocycles. The maximum atomic E-state index is 12.8. The predicted octanol–water partition coefficient (Wildman–Crippen LogP) is 5.56. The molecule has 4 aliphatic rings. The van der Waals surface area contributed by atoms with Gasteiger partial charge in [0.2, 0.25) is 0 Å². The zero-order chi connectivity index (χ0) is 25.7. The third kappa shape index (κ3) is 4.54. The lowest BCUT2D eigenvalue weighted by molar-refractivity contribution is -0.154. The summed E-state index contributed by atoms with van der Waals surface area (Å²) in [5.41, 5.74) is -0.112. The molecule has 0 spiro atoms. The van der Waals surface area contributed by atoms with Crippen LogP contribution in [0.2, 0.25) is 0 Å². The van der Waals surface area contributed by atoms with Crippen molar-refractivity contribution >= 4 is 10.8 Å². The Bertz CT molecular complexity index is 938. The molecule has 0 heterocycles. The molecule has 0 aromatic heterocycles. The summed E-state index contributed by atoms with van der Waals surface area (Å²) in [4.78, 5) is 0.864. The van der Waals surface area contributed by atoms with E-state index < -0.39 is 22.5 Å². The van der Waals surface area contributed by atoms with E-state index in [0.29, 0.717) is 29.4 Å². The highest BCUT2D eigenvalue weighted by atomic mass is 32.2. The highest BCUT2D eigenvalue weighted by Gasteiger charge is 2.61. The molecule has 5 rings (SSSR count). The number of aliphatic hydroxyl groups excluding tert-OH is 2. The van der Waals surface area contributed by atoms with Gasteiger partial charge in [0.05, 0.1) is 29.1 Å². The van der Waals surface area contributed by atoms with Gasteiger partial charge in [0.15, 0.2) is 0 Å². The fourth-order valence-electron chi connectivity index (χ4n) is 9.86. The van der Waals surface area contributed by atoms with Gasteiger partial charge in [-0.2, -0.15) is 0 Å². The lowest BCUT2D eigenvalue weighted by Gasteiger charge is -2.62. The van der Waals surface area contributed by atoms with Gasteiger partial charge >= 0.3 is 0 Å². The summed E-state index contributed by atoms with van der Waals surface area (Å²) in [5, 5.41) is 31.6. The van der Waals surface area contributed by atoms with Crippen LogP contribution in [0.15, 0.2) is 35.2 Å². The van der Waals surface area contributed by atoms with E-state index in [1.54, 1.807) is 0 Å².